The second kappa shape index (κ2) is 15.7. The Labute approximate surface area is 134 Å². The number of hydrogen-bond acceptors (Lipinski definition) is 0. The predicted molar refractivity (Wildman–Crippen MR) is 94.8 cm³/mol. The third kappa shape index (κ3) is 13.3. The van der Waals surface area contributed by atoms with Crippen LogP contribution in [0.15, 0.2) is 0 Å². The Balaban J connectivity index is 3.67. The number of unbranched alkanes of at least 4 members (excludes halogenated alkanes) is 8. The van der Waals surface area contributed by atoms with Crippen molar-refractivity contribution in [1.82, 2.24) is 0 Å². The first-order chi connectivity index (χ1) is 9.74. The van der Waals surface area contributed by atoms with Gasteiger partial charge in [0.25, 0.3) is 0 Å². The monoisotopic (exact) mass is 302 g/mol. The van der Waals surface area contributed by atoms with E-state index >= 15 is 0 Å². The van der Waals surface area contributed by atoms with Crippen molar-refractivity contribution in [2.24, 2.45) is 5.92 Å². The van der Waals surface area contributed by atoms with Gasteiger partial charge in [-0.1, -0.05) is 97.8 Å². The maximum absolute atomic E-state index is 6.37. The lowest BCUT2D eigenvalue weighted by Crippen LogP contribution is -2.08. The summed E-state index contributed by atoms with van der Waals surface area (Å²) in [7, 11) is 0. The van der Waals surface area contributed by atoms with E-state index in [0.29, 0.717) is 5.38 Å². The summed E-state index contributed by atoms with van der Waals surface area (Å²) in [6.45, 7) is 6.80. The Morgan fingerprint density at radius 3 is 1.65 bits per heavy atom. The number of halogens is 1. The van der Waals surface area contributed by atoms with Crippen molar-refractivity contribution in [3.05, 3.63) is 0 Å². The average molecular weight is 303 g/mol. The number of hydrogen-bond donors (Lipinski definition) is 0. The van der Waals surface area contributed by atoms with Crippen LogP contribution in [0.25, 0.3) is 0 Å². The molecule has 0 aliphatic carbocycles. The molecule has 0 aliphatic rings. The molecule has 0 radical (unpaired) electrons. The molecule has 0 amide bonds. The van der Waals surface area contributed by atoms with E-state index in [1.165, 1.54) is 83.5 Å². The molecule has 0 N–H and O–H groups in total. The number of rotatable bonds is 15. The van der Waals surface area contributed by atoms with Gasteiger partial charge in [0.2, 0.25) is 0 Å². The summed E-state index contributed by atoms with van der Waals surface area (Å²) >= 11 is 6.37. The molecule has 0 spiro atoms. The minimum atomic E-state index is 0.409. The highest BCUT2D eigenvalue weighted by Crippen LogP contribution is 2.25. The van der Waals surface area contributed by atoms with Crippen molar-refractivity contribution < 1.29 is 0 Å². The van der Waals surface area contributed by atoms with Gasteiger partial charge in [0, 0.05) is 5.38 Å². The van der Waals surface area contributed by atoms with Gasteiger partial charge >= 0.3 is 0 Å². The van der Waals surface area contributed by atoms with Gasteiger partial charge in [-0.15, -0.1) is 11.6 Å². The van der Waals surface area contributed by atoms with Crippen LogP contribution in [0.2, 0.25) is 0 Å². The molecular formula is C19H39Cl. The van der Waals surface area contributed by atoms with Crippen molar-refractivity contribution in [3.63, 3.8) is 0 Å². The lowest BCUT2D eigenvalue weighted by atomic mass is 9.90. The highest BCUT2D eigenvalue weighted by Gasteiger charge is 2.13. The molecule has 0 heterocycles. The van der Waals surface area contributed by atoms with Crippen LogP contribution in [0.3, 0.4) is 0 Å². The third-order valence-corrected chi connectivity index (χ3v) is 4.95. The van der Waals surface area contributed by atoms with Gasteiger partial charge in [0.1, 0.15) is 0 Å². The fourth-order valence-corrected chi connectivity index (χ4v) is 3.23. The van der Waals surface area contributed by atoms with E-state index in [9.17, 15) is 0 Å². The molecule has 0 saturated heterocycles. The van der Waals surface area contributed by atoms with Crippen molar-refractivity contribution >= 4 is 11.6 Å². The predicted octanol–water partition coefficient (Wildman–Crippen LogP) is 7.73. The van der Waals surface area contributed by atoms with E-state index in [4.69, 9.17) is 11.6 Å². The Morgan fingerprint density at radius 2 is 1.10 bits per heavy atom. The Hall–Kier alpha value is 0.290. The summed E-state index contributed by atoms with van der Waals surface area (Å²) in [6, 6.07) is 0. The van der Waals surface area contributed by atoms with Crippen molar-refractivity contribution in [1.29, 1.82) is 0 Å². The average Bonchev–Trinajstić information content (AvgIpc) is 2.46. The molecule has 20 heavy (non-hydrogen) atoms. The molecule has 2 unspecified atom stereocenters. The quantitative estimate of drug-likeness (QED) is 0.214. The fraction of sp³-hybridized carbons (Fsp3) is 1.00. The Kier molecular flexibility index (Phi) is 15.9. The summed E-state index contributed by atoms with van der Waals surface area (Å²) in [4.78, 5) is 0. The SMILES string of the molecule is CCCCCCCCCC(CCCCC)CC(Cl)CC. The zero-order valence-corrected chi connectivity index (χ0v) is 15.2. The second-order valence-corrected chi connectivity index (χ2v) is 7.13. The molecular weight excluding hydrogens is 264 g/mol. The first-order valence-corrected chi connectivity index (χ1v) is 9.82. The molecule has 0 aromatic carbocycles. The zero-order chi connectivity index (χ0) is 15.1. The molecule has 0 saturated carbocycles. The molecule has 0 nitrogen and oxygen atoms in total. The van der Waals surface area contributed by atoms with Crippen LogP contribution in [-0.2, 0) is 0 Å². The molecule has 0 fully saturated rings. The van der Waals surface area contributed by atoms with Gasteiger partial charge < -0.3 is 0 Å². The van der Waals surface area contributed by atoms with Gasteiger partial charge in [-0.25, -0.2) is 0 Å². The summed E-state index contributed by atoms with van der Waals surface area (Å²) in [5, 5.41) is 0.409. The molecule has 122 valence electrons. The topological polar surface area (TPSA) is 0 Å². The summed E-state index contributed by atoms with van der Waals surface area (Å²) in [5.74, 6) is 0.889. The third-order valence-electron chi connectivity index (χ3n) is 4.46. The summed E-state index contributed by atoms with van der Waals surface area (Å²) in [6.07, 6.45) is 19.3. The van der Waals surface area contributed by atoms with E-state index < -0.39 is 0 Å². The normalized spacial score (nSPS) is 14.4. The molecule has 0 aliphatic heterocycles. The van der Waals surface area contributed by atoms with Crippen LogP contribution in [-0.4, -0.2) is 5.38 Å². The van der Waals surface area contributed by atoms with E-state index in [0.717, 1.165) is 12.3 Å². The fourth-order valence-electron chi connectivity index (χ4n) is 2.98. The molecule has 0 bridgehead atoms. The van der Waals surface area contributed by atoms with Crippen LogP contribution in [0.4, 0.5) is 0 Å². The van der Waals surface area contributed by atoms with Crippen LogP contribution in [0.5, 0.6) is 0 Å². The first kappa shape index (κ1) is 20.3. The largest absolute Gasteiger partial charge is 0.123 e. The molecule has 0 rings (SSSR count). The molecule has 0 aromatic rings. The van der Waals surface area contributed by atoms with Gasteiger partial charge in [0.05, 0.1) is 0 Å². The maximum atomic E-state index is 6.37. The minimum Gasteiger partial charge on any atom is -0.123 e. The summed E-state index contributed by atoms with van der Waals surface area (Å²) in [5.41, 5.74) is 0. The Bertz CT molecular complexity index is 179. The highest BCUT2D eigenvalue weighted by atomic mass is 35.5. The van der Waals surface area contributed by atoms with Gasteiger partial charge in [-0.3, -0.25) is 0 Å². The van der Waals surface area contributed by atoms with Crippen molar-refractivity contribution in [2.45, 2.75) is 116 Å². The lowest BCUT2D eigenvalue weighted by Gasteiger charge is -2.19. The molecule has 0 aromatic heterocycles. The van der Waals surface area contributed by atoms with Crippen LogP contribution in [0, 0.1) is 5.92 Å². The Morgan fingerprint density at radius 1 is 0.650 bits per heavy atom. The van der Waals surface area contributed by atoms with Crippen molar-refractivity contribution in [2.75, 3.05) is 0 Å². The standard InChI is InChI=1S/C19H39Cl/c1-4-7-9-10-11-12-14-16-18(15-13-8-5-2)17-19(20)6-3/h18-19H,4-17H2,1-3H3. The van der Waals surface area contributed by atoms with Gasteiger partial charge in [-0.05, 0) is 18.8 Å². The molecule has 2 atom stereocenters. The smallest absolute Gasteiger partial charge is 0.0336 e. The van der Waals surface area contributed by atoms with Gasteiger partial charge in [-0.2, -0.15) is 0 Å². The minimum absolute atomic E-state index is 0.409. The first-order valence-electron chi connectivity index (χ1n) is 9.38. The number of alkyl halides is 1. The summed E-state index contributed by atoms with van der Waals surface area (Å²) < 4.78 is 0. The highest BCUT2D eigenvalue weighted by molar-refractivity contribution is 6.20. The van der Waals surface area contributed by atoms with Crippen LogP contribution < -0.4 is 0 Å². The maximum Gasteiger partial charge on any atom is 0.0336 e. The van der Waals surface area contributed by atoms with E-state index in [-0.39, 0.29) is 0 Å². The molecule has 1 heteroatoms. The second-order valence-electron chi connectivity index (χ2n) is 6.51. The van der Waals surface area contributed by atoms with Gasteiger partial charge in [0.15, 0.2) is 0 Å². The van der Waals surface area contributed by atoms with E-state index in [1.807, 2.05) is 0 Å². The van der Waals surface area contributed by atoms with Crippen LogP contribution >= 0.6 is 11.6 Å². The lowest BCUT2D eigenvalue weighted by molar-refractivity contribution is 0.375. The van der Waals surface area contributed by atoms with E-state index in [2.05, 4.69) is 20.8 Å². The van der Waals surface area contributed by atoms with Crippen molar-refractivity contribution in [3.8, 4) is 0 Å². The zero-order valence-electron chi connectivity index (χ0n) is 14.4. The van der Waals surface area contributed by atoms with Crippen LogP contribution in [0.1, 0.15) is 111 Å². The van der Waals surface area contributed by atoms with E-state index in [1.54, 1.807) is 0 Å².